The second-order valence-corrected chi connectivity index (χ2v) is 8.24. The number of Topliss-reactive ketones (excluding diaryl/α,β-unsaturated/α-hetero) is 1. The van der Waals surface area contributed by atoms with Crippen molar-refractivity contribution in [2.24, 2.45) is 11.8 Å². The molecule has 0 radical (unpaired) electrons. The van der Waals surface area contributed by atoms with Crippen molar-refractivity contribution >= 4 is 34.9 Å². The molecule has 29 heavy (non-hydrogen) atoms. The third-order valence-corrected chi connectivity index (χ3v) is 6.55. The number of hydrogen-bond donors (Lipinski definition) is 0. The molecular weight excluding hydrogens is 395 g/mol. The van der Waals surface area contributed by atoms with E-state index in [0.29, 0.717) is 22.8 Å². The SMILES string of the molecule is O=C(c1ccc(F)cc1)[C@@H]1[C@H]2C(=O)N(c3cccc(Cl)c3)C(=O)[C@@H]2[C@@H]2CCCN12. The van der Waals surface area contributed by atoms with Crippen LogP contribution in [0.4, 0.5) is 10.1 Å². The van der Waals surface area contributed by atoms with Crippen LogP contribution in [0, 0.1) is 17.7 Å². The molecule has 3 saturated heterocycles. The largest absolute Gasteiger partial charge is 0.292 e. The van der Waals surface area contributed by atoms with Crippen molar-refractivity contribution in [1.82, 2.24) is 4.90 Å². The van der Waals surface area contributed by atoms with Gasteiger partial charge in [-0.25, -0.2) is 9.29 Å². The van der Waals surface area contributed by atoms with Gasteiger partial charge in [0.1, 0.15) is 5.82 Å². The van der Waals surface area contributed by atoms with Crippen LogP contribution in [-0.4, -0.2) is 41.1 Å². The molecule has 0 spiro atoms. The quantitative estimate of drug-likeness (QED) is 0.573. The summed E-state index contributed by atoms with van der Waals surface area (Å²) in [6.07, 6.45) is 1.65. The van der Waals surface area contributed by atoms with Crippen LogP contribution in [0.5, 0.6) is 0 Å². The lowest BCUT2D eigenvalue weighted by Crippen LogP contribution is -2.46. The molecule has 2 aromatic rings. The highest BCUT2D eigenvalue weighted by molar-refractivity contribution is 6.31. The van der Waals surface area contributed by atoms with Crippen molar-refractivity contribution in [2.75, 3.05) is 11.4 Å². The van der Waals surface area contributed by atoms with Gasteiger partial charge in [-0.15, -0.1) is 0 Å². The first-order chi connectivity index (χ1) is 14.0. The fourth-order valence-electron chi connectivity index (χ4n) is 5.17. The van der Waals surface area contributed by atoms with Crippen LogP contribution in [0.3, 0.4) is 0 Å². The third kappa shape index (κ3) is 2.74. The maximum absolute atomic E-state index is 13.4. The van der Waals surface area contributed by atoms with Gasteiger partial charge >= 0.3 is 0 Å². The molecular formula is C22H18ClFN2O3. The second-order valence-electron chi connectivity index (χ2n) is 7.81. The summed E-state index contributed by atoms with van der Waals surface area (Å²) >= 11 is 6.06. The molecule has 0 unspecified atom stereocenters. The summed E-state index contributed by atoms with van der Waals surface area (Å²) < 4.78 is 13.3. The molecule has 3 aliphatic heterocycles. The molecule has 148 valence electrons. The fraction of sp³-hybridized carbons (Fsp3) is 0.318. The molecule has 3 heterocycles. The lowest BCUT2D eigenvalue weighted by atomic mass is 9.85. The van der Waals surface area contributed by atoms with Gasteiger partial charge in [-0.05, 0) is 61.9 Å². The fourth-order valence-corrected chi connectivity index (χ4v) is 5.35. The highest BCUT2D eigenvalue weighted by Gasteiger charge is 2.64. The van der Waals surface area contributed by atoms with Crippen LogP contribution >= 0.6 is 11.6 Å². The molecule has 2 aromatic carbocycles. The predicted molar refractivity (Wildman–Crippen MR) is 105 cm³/mol. The predicted octanol–water partition coefficient (Wildman–Crippen LogP) is 3.31. The average molecular weight is 413 g/mol. The molecule has 5 rings (SSSR count). The zero-order chi connectivity index (χ0) is 20.3. The van der Waals surface area contributed by atoms with E-state index in [9.17, 15) is 18.8 Å². The summed E-state index contributed by atoms with van der Waals surface area (Å²) in [7, 11) is 0. The highest BCUT2D eigenvalue weighted by Crippen LogP contribution is 2.48. The normalized spacial score (nSPS) is 28.7. The summed E-state index contributed by atoms with van der Waals surface area (Å²) in [4.78, 5) is 43.2. The zero-order valence-electron chi connectivity index (χ0n) is 15.4. The molecule has 0 N–H and O–H groups in total. The molecule has 3 aliphatic rings. The Morgan fingerprint density at radius 3 is 2.48 bits per heavy atom. The number of rotatable bonds is 3. The maximum atomic E-state index is 13.4. The van der Waals surface area contributed by atoms with Crippen molar-refractivity contribution in [1.29, 1.82) is 0 Å². The number of amides is 2. The van der Waals surface area contributed by atoms with Crippen LogP contribution in [0.2, 0.25) is 5.02 Å². The van der Waals surface area contributed by atoms with Crippen molar-refractivity contribution < 1.29 is 18.8 Å². The van der Waals surface area contributed by atoms with Crippen molar-refractivity contribution in [3.63, 3.8) is 0 Å². The van der Waals surface area contributed by atoms with E-state index in [2.05, 4.69) is 0 Å². The second kappa shape index (κ2) is 6.75. The number of nitrogens with zero attached hydrogens (tertiary/aromatic N) is 2. The lowest BCUT2D eigenvalue weighted by molar-refractivity contribution is -0.123. The van der Waals surface area contributed by atoms with Crippen LogP contribution < -0.4 is 4.90 Å². The number of carbonyl (C=O) groups is 3. The van der Waals surface area contributed by atoms with E-state index >= 15 is 0 Å². The van der Waals surface area contributed by atoms with Gasteiger partial charge in [0, 0.05) is 16.6 Å². The van der Waals surface area contributed by atoms with Crippen molar-refractivity contribution in [3.05, 3.63) is 64.9 Å². The van der Waals surface area contributed by atoms with Crippen molar-refractivity contribution in [2.45, 2.75) is 24.9 Å². The Balaban J connectivity index is 1.55. The van der Waals surface area contributed by atoms with Crippen LogP contribution in [0.15, 0.2) is 48.5 Å². The number of anilines is 1. The van der Waals surface area contributed by atoms with Crippen molar-refractivity contribution in [3.8, 4) is 0 Å². The van der Waals surface area contributed by atoms with E-state index in [1.807, 2.05) is 4.90 Å². The zero-order valence-corrected chi connectivity index (χ0v) is 16.2. The first-order valence-electron chi connectivity index (χ1n) is 9.66. The van der Waals surface area contributed by atoms with Gasteiger partial charge in [-0.1, -0.05) is 17.7 Å². The monoisotopic (exact) mass is 412 g/mol. The minimum absolute atomic E-state index is 0.130. The van der Waals surface area contributed by atoms with Gasteiger partial charge in [0.05, 0.1) is 23.6 Å². The Kier molecular flexibility index (Phi) is 4.29. The van der Waals surface area contributed by atoms with E-state index in [1.54, 1.807) is 24.3 Å². The van der Waals surface area contributed by atoms with E-state index in [-0.39, 0.29) is 23.6 Å². The number of benzene rings is 2. The van der Waals surface area contributed by atoms with E-state index in [1.165, 1.54) is 29.2 Å². The smallest absolute Gasteiger partial charge is 0.239 e. The Hall–Kier alpha value is -2.57. The number of halogens is 2. The van der Waals surface area contributed by atoms with Gasteiger partial charge in [0.15, 0.2) is 5.78 Å². The summed E-state index contributed by atoms with van der Waals surface area (Å²) in [5.41, 5.74) is 0.781. The van der Waals surface area contributed by atoms with Crippen LogP contribution in [-0.2, 0) is 9.59 Å². The summed E-state index contributed by atoms with van der Waals surface area (Å²) in [5, 5.41) is 0.432. The summed E-state index contributed by atoms with van der Waals surface area (Å²) in [6, 6.07) is 11.1. The van der Waals surface area contributed by atoms with Gasteiger partial charge in [-0.3, -0.25) is 19.3 Å². The van der Waals surface area contributed by atoms with Gasteiger partial charge in [0.25, 0.3) is 0 Å². The summed E-state index contributed by atoms with van der Waals surface area (Å²) in [6.45, 7) is 0.674. The molecule has 7 heteroatoms. The molecule has 0 aliphatic carbocycles. The van der Waals surface area contributed by atoms with Crippen LogP contribution in [0.1, 0.15) is 23.2 Å². The topological polar surface area (TPSA) is 57.7 Å². The minimum Gasteiger partial charge on any atom is -0.292 e. The molecule has 3 fully saturated rings. The van der Waals surface area contributed by atoms with Gasteiger partial charge < -0.3 is 0 Å². The number of carbonyl (C=O) groups excluding carboxylic acids is 3. The molecule has 4 atom stereocenters. The number of imide groups is 1. The molecule has 0 aromatic heterocycles. The Morgan fingerprint density at radius 2 is 1.76 bits per heavy atom. The van der Waals surface area contributed by atoms with Gasteiger partial charge in [0.2, 0.25) is 11.8 Å². The van der Waals surface area contributed by atoms with Gasteiger partial charge in [-0.2, -0.15) is 0 Å². The molecule has 0 bridgehead atoms. The standard InChI is InChI=1S/C22H18ClFN2O3/c23-13-3-1-4-15(11-13)26-21(28)17-16-5-2-10-25(16)19(18(17)22(26)29)20(27)12-6-8-14(24)9-7-12/h1,3-4,6-9,11,16-19H,2,5,10H2/t16-,17+,18-,19-/m0/s1. The third-order valence-electron chi connectivity index (χ3n) is 6.32. The number of fused-ring (bicyclic) bond motifs is 3. The Morgan fingerprint density at radius 1 is 1.03 bits per heavy atom. The summed E-state index contributed by atoms with van der Waals surface area (Å²) in [5.74, 6) is -2.57. The lowest BCUT2D eigenvalue weighted by Gasteiger charge is -2.27. The molecule has 2 amide bonds. The first-order valence-corrected chi connectivity index (χ1v) is 10.0. The molecule has 5 nitrogen and oxygen atoms in total. The highest BCUT2D eigenvalue weighted by atomic mass is 35.5. The van der Waals surface area contributed by atoms with E-state index in [0.717, 1.165) is 12.8 Å². The number of ketones is 1. The number of hydrogen-bond acceptors (Lipinski definition) is 4. The average Bonchev–Trinajstić information content (AvgIpc) is 3.34. The Labute approximate surface area is 172 Å². The van der Waals surface area contributed by atoms with E-state index < -0.39 is 23.7 Å². The Bertz CT molecular complexity index is 1020. The minimum atomic E-state index is -0.732. The van der Waals surface area contributed by atoms with E-state index in [4.69, 9.17) is 11.6 Å². The first kappa shape index (κ1) is 18.5. The van der Waals surface area contributed by atoms with Crippen LogP contribution in [0.25, 0.3) is 0 Å². The maximum Gasteiger partial charge on any atom is 0.239 e. The molecule has 0 saturated carbocycles.